The molecule has 10 heteroatoms. The first-order valence-corrected chi connectivity index (χ1v) is 5.68. The third-order valence-corrected chi connectivity index (χ3v) is 2.67. The number of H-pyrrole nitrogens is 1. The minimum Gasteiger partial charge on any atom is -0.423 e. The smallest absolute Gasteiger partial charge is 0.296 e. The number of fused-ring (bicyclic) bond motifs is 1. The Morgan fingerprint density at radius 3 is 3.05 bits per heavy atom. The maximum Gasteiger partial charge on any atom is 0.296 e. The summed E-state index contributed by atoms with van der Waals surface area (Å²) in [5.74, 6) is 0.457. The molecule has 3 rings (SSSR count). The standard InChI is InChI=1S/C10H9N7O3/c1-5(9-13-15-16-14-9)11-10-12-7-3-2-6(17(18)19)4-8(7)20-10/h2-5H,1H3,(H,11,12)(H,13,14,15,16). The van der Waals surface area contributed by atoms with E-state index in [4.69, 9.17) is 4.42 Å². The topological polar surface area (TPSA) is 136 Å². The van der Waals surface area contributed by atoms with Crippen LogP contribution >= 0.6 is 0 Å². The molecule has 1 aromatic carbocycles. The Morgan fingerprint density at radius 1 is 1.50 bits per heavy atom. The van der Waals surface area contributed by atoms with Gasteiger partial charge < -0.3 is 9.73 Å². The summed E-state index contributed by atoms with van der Waals surface area (Å²) in [5, 5.41) is 27.1. The number of nitro benzene ring substituents is 1. The molecule has 3 aromatic rings. The van der Waals surface area contributed by atoms with Gasteiger partial charge in [-0.05, 0) is 13.0 Å². The quantitative estimate of drug-likeness (QED) is 0.539. The maximum atomic E-state index is 10.7. The highest BCUT2D eigenvalue weighted by atomic mass is 16.6. The van der Waals surface area contributed by atoms with Crippen molar-refractivity contribution in [1.82, 2.24) is 25.6 Å². The second kappa shape index (κ2) is 4.57. The third kappa shape index (κ3) is 2.13. The molecule has 102 valence electrons. The lowest BCUT2D eigenvalue weighted by atomic mass is 10.3. The molecule has 20 heavy (non-hydrogen) atoms. The second-order valence-corrected chi connectivity index (χ2v) is 4.06. The molecule has 0 aliphatic rings. The number of anilines is 1. The third-order valence-electron chi connectivity index (χ3n) is 2.67. The Hall–Kier alpha value is -3.04. The number of hydrogen-bond acceptors (Lipinski definition) is 8. The van der Waals surface area contributed by atoms with Gasteiger partial charge in [-0.15, -0.1) is 10.2 Å². The van der Waals surface area contributed by atoms with Gasteiger partial charge in [-0.2, -0.15) is 10.2 Å². The van der Waals surface area contributed by atoms with Crippen LogP contribution in [-0.4, -0.2) is 30.5 Å². The van der Waals surface area contributed by atoms with Gasteiger partial charge in [-0.1, -0.05) is 5.21 Å². The van der Waals surface area contributed by atoms with E-state index in [-0.39, 0.29) is 17.7 Å². The van der Waals surface area contributed by atoms with Crippen LogP contribution in [0.3, 0.4) is 0 Å². The molecule has 0 saturated carbocycles. The van der Waals surface area contributed by atoms with Crippen LogP contribution in [0.2, 0.25) is 0 Å². The number of nitrogens with one attached hydrogen (secondary N) is 2. The highest BCUT2D eigenvalue weighted by Crippen LogP contribution is 2.25. The fourth-order valence-corrected chi connectivity index (χ4v) is 1.69. The molecule has 2 N–H and O–H groups in total. The van der Waals surface area contributed by atoms with Crippen molar-refractivity contribution in [1.29, 1.82) is 0 Å². The van der Waals surface area contributed by atoms with Crippen LogP contribution in [0, 0.1) is 10.1 Å². The molecule has 0 amide bonds. The molecule has 0 aliphatic heterocycles. The summed E-state index contributed by atoms with van der Waals surface area (Å²) in [5.41, 5.74) is 0.812. The van der Waals surface area contributed by atoms with E-state index in [0.717, 1.165) is 0 Å². The number of non-ortho nitro benzene ring substituents is 1. The molecule has 1 atom stereocenters. The minimum atomic E-state index is -0.489. The Kier molecular flexibility index (Phi) is 2.75. The number of hydrogen-bond donors (Lipinski definition) is 2. The van der Waals surface area contributed by atoms with E-state index in [2.05, 4.69) is 30.9 Å². The van der Waals surface area contributed by atoms with Gasteiger partial charge in [-0.25, -0.2) is 0 Å². The molecule has 10 nitrogen and oxygen atoms in total. The summed E-state index contributed by atoms with van der Waals surface area (Å²) in [6, 6.07) is 4.19. The lowest BCUT2D eigenvalue weighted by molar-refractivity contribution is -0.384. The largest absolute Gasteiger partial charge is 0.423 e. The Labute approximate surface area is 111 Å². The van der Waals surface area contributed by atoms with E-state index in [9.17, 15) is 10.1 Å². The average Bonchev–Trinajstić information content (AvgIpc) is 3.06. The minimum absolute atomic E-state index is 0.0496. The number of nitrogens with zero attached hydrogens (tertiary/aromatic N) is 5. The zero-order valence-electron chi connectivity index (χ0n) is 10.3. The van der Waals surface area contributed by atoms with Crippen LogP contribution in [0.4, 0.5) is 11.7 Å². The highest BCUT2D eigenvalue weighted by Gasteiger charge is 2.15. The number of nitro groups is 1. The van der Waals surface area contributed by atoms with Gasteiger partial charge in [0.25, 0.3) is 11.7 Å². The number of oxazole rings is 1. The monoisotopic (exact) mass is 275 g/mol. The number of aromatic amines is 1. The van der Waals surface area contributed by atoms with Crippen molar-refractivity contribution < 1.29 is 9.34 Å². The van der Waals surface area contributed by atoms with Crippen molar-refractivity contribution in [2.75, 3.05) is 5.32 Å². The van der Waals surface area contributed by atoms with Crippen molar-refractivity contribution in [2.45, 2.75) is 13.0 Å². The van der Waals surface area contributed by atoms with Gasteiger partial charge in [0, 0.05) is 6.07 Å². The normalized spacial score (nSPS) is 12.4. The highest BCUT2D eigenvalue weighted by molar-refractivity contribution is 5.77. The molecule has 0 bridgehead atoms. The second-order valence-electron chi connectivity index (χ2n) is 4.06. The average molecular weight is 275 g/mol. The lowest BCUT2D eigenvalue weighted by Gasteiger charge is -2.05. The molecular formula is C10H9N7O3. The molecule has 0 radical (unpaired) electrons. The molecule has 0 aliphatic carbocycles. The van der Waals surface area contributed by atoms with Crippen molar-refractivity contribution in [3.63, 3.8) is 0 Å². The predicted octanol–water partition coefficient (Wildman–Crippen LogP) is 1.42. The van der Waals surface area contributed by atoms with Gasteiger partial charge in [0.15, 0.2) is 11.4 Å². The summed E-state index contributed by atoms with van der Waals surface area (Å²) in [6.07, 6.45) is 0. The van der Waals surface area contributed by atoms with Gasteiger partial charge >= 0.3 is 0 Å². The van der Waals surface area contributed by atoms with E-state index >= 15 is 0 Å². The van der Waals surface area contributed by atoms with Crippen LogP contribution < -0.4 is 5.32 Å². The zero-order valence-corrected chi connectivity index (χ0v) is 10.3. The van der Waals surface area contributed by atoms with Gasteiger partial charge in [-0.3, -0.25) is 10.1 Å². The summed E-state index contributed by atoms with van der Waals surface area (Å²) >= 11 is 0. The summed E-state index contributed by atoms with van der Waals surface area (Å²) in [6.45, 7) is 1.81. The van der Waals surface area contributed by atoms with Crippen LogP contribution in [0.5, 0.6) is 0 Å². The van der Waals surface area contributed by atoms with E-state index in [1.54, 1.807) is 0 Å². The number of rotatable bonds is 4. The van der Waals surface area contributed by atoms with E-state index in [1.807, 2.05) is 6.92 Å². The lowest BCUT2D eigenvalue weighted by Crippen LogP contribution is -2.08. The fourth-order valence-electron chi connectivity index (χ4n) is 1.69. The molecule has 0 spiro atoms. The summed E-state index contributed by atoms with van der Waals surface area (Å²) < 4.78 is 5.41. The molecule has 1 unspecified atom stereocenters. The van der Waals surface area contributed by atoms with Gasteiger partial charge in [0.1, 0.15) is 5.52 Å². The van der Waals surface area contributed by atoms with E-state index in [0.29, 0.717) is 16.9 Å². The first kappa shape index (κ1) is 12.0. The number of aromatic nitrogens is 5. The number of benzene rings is 1. The predicted molar refractivity (Wildman–Crippen MR) is 66.9 cm³/mol. The van der Waals surface area contributed by atoms with E-state index < -0.39 is 4.92 Å². The molecular weight excluding hydrogens is 266 g/mol. The van der Waals surface area contributed by atoms with E-state index in [1.165, 1.54) is 18.2 Å². The Balaban J connectivity index is 1.87. The Morgan fingerprint density at radius 2 is 2.35 bits per heavy atom. The fraction of sp³-hybridized carbons (Fsp3) is 0.200. The van der Waals surface area contributed by atoms with Gasteiger partial charge in [0.05, 0.1) is 17.0 Å². The molecule has 2 aromatic heterocycles. The van der Waals surface area contributed by atoms with Crippen molar-refractivity contribution in [2.24, 2.45) is 0 Å². The summed E-state index contributed by atoms with van der Waals surface area (Å²) in [4.78, 5) is 14.4. The molecule has 0 saturated heterocycles. The maximum absolute atomic E-state index is 10.7. The zero-order chi connectivity index (χ0) is 14.1. The molecule has 2 heterocycles. The van der Waals surface area contributed by atoms with Crippen LogP contribution in [0.1, 0.15) is 18.8 Å². The number of tetrazole rings is 1. The van der Waals surface area contributed by atoms with Gasteiger partial charge in [0.2, 0.25) is 0 Å². The first-order valence-electron chi connectivity index (χ1n) is 5.68. The Bertz CT molecular complexity index is 751. The first-order chi connectivity index (χ1) is 9.63. The SMILES string of the molecule is CC(Nc1nc2ccc([N+](=O)[O-])cc2o1)c1nn[nH]n1. The van der Waals surface area contributed by atoms with Crippen molar-refractivity contribution in [3.8, 4) is 0 Å². The van der Waals surface area contributed by atoms with Crippen molar-refractivity contribution >= 4 is 22.8 Å². The van der Waals surface area contributed by atoms with Crippen LogP contribution in [0.15, 0.2) is 22.6 Å². The molecule has 0 fully saturated rings. The summed E-state index contributed by atoms with van der Waals surface area (Å²) in [7, 11) is 0. The van der Waals surface area contributed by atoms with Crippen molar-refractivity contribution in [3.05, 3.63) is 34.1 Å². The van der Waals surface area contributed by atoms with Crippen LogP contribution in [-0.2, 0) is 0 Å². The van der Waals surface area contributed by atoms with Crippen LogP contribution in [0.25, 0.3) is 11.1 Å².